The van der Waals surface area contributed by atoms with Gasteiger partial charge in [-0.2, -0.15) is 0 Å². The number of anilines is 2. The molecule has 0 aliphatic rings. The van der Waals surface area contributed by atoms with E-state index in [2.05, 4.69) is 10.0 Å². The Labute approximate surface area is 182 Å². The van der Waals surface area contributed by atoms with Crippen molar-refractivity contribution in [1.29, 1.82) is 0 Å². The maximum Gasteiger partial charge on any atom is 0.341 e. The molecule has 0 bridgehead atoms. The summed E-state index contributed by atoms with van der Waals surface area (Å²) in [4.78, 5) is 24.6. The van der Waals surface area contributed by atoms with Crippen molar-refractivity contribution < 1.29 is 22.7 Å². The summed E-state index contributed by atoms with van der Waals surface area (Å²) in [5.74, 6) is -1.02. The van der Waals surface area contributed by atoms with Crippen LogP contribution in [0.3, 0.4) is 0 Å². The third-order valence-electron chi connectivity index (χ3n) is 3.89. The van der Waals surface area contributed by atoms with E-state index in [-0.39, 0.29) is 28.3 Å². The molecular weight excluding hydrogens is 448 g/mol. The molecule has 2 N–H and O–H groups in total. The van der Waals surface area contributed by atoms with E-state index >= 15 is 0 Å². The number of rotatable bonds is 7. The minimum Gasteiger partial charge on any atom is -0.462 e. The Balaban J connectivity index is 1.77. The molecule has 0 aliphatic heterocycles. The summed E-state index contributed by atoms with van der Waals surface area (Å²) in [7, 11) is -3.85. The van der Waals surface area contributed by atoms with Crippen LogP contribution >= 0.6 is 22.9 Å². The van der Waals surface area contributed by atoms with Gasteiger partial charge >= 0.3 is 5.97 Å². The molecule has 0 aliphatic carbocycles. The van der Waals surface area contributed by atoms with Crippen LogP contribution in [0.4, 0.5) is 10.7 Å². The van der Waals surface area contributed by atoms with Crippen molar-refractivity contribution in [3.63, 3.8) is 0 Å². The summed E-state index contributed by atoms with van der Waals surface area (Å²) in [6.07, 6.45) is 0. The van der Waals surface area contributed by atoms with Crippen LogP contribution < -0.4 is 10.0 Å². The third-order valence-corrected chi connectivity index (χ3v) is 6.37. The Hall–Kier alpha value is -2.88. The summed E-state index contributed by atoms with van der Waals surface area (Å²) in [5, 5.41) is 5.10. The van der Waals surface area contributed by atoms with Gasteiger partial charge in [0, 0.05) is 16.3 Å². The minimum absolute atomic E-state index is 0.0411. The molecule has 3 aromatic rings. The van der Waals surface area contributed by atoms with E-state index in [9.17, 15) is 18.0 Å². The molecule has 0 radical (unpaired) electrons. The zero-order valence-corrected chi connectivity index (χ0v) is 18.1. The van der Waals surface area contributed by atoms with Crippen LogP contribution in [0.5, 0.6) is 0 Å². The number of amides is 1. The average Bonchev–Trinajstić information content (AvgIpc) is 3.16. The van der Waals surface area contributed by atoms with Crippen LogP contribution in [-0.2, 0) is 14.8 Å². The molecule has 0 spiro atoms. The van der Waals surface area contributed by atoms with Gasteiger partial charge in [0.1, 0.15) is 5.00 Å². The van der Waals surface area contributed by atoms with Crippen LogP contribution in [0.2, 0.25) is 5.02 Å². The number of hydrogen-bond donors (Lipinski definition) is 2. The molecule has 156 valence electrons. The number of carbonyl (C=O) groups excluding carboxylic acids is 2. The molecule has 0 saturated carbocycles. The van der Waals surface area contributed by atoms with E-state index in [1.807, 2.05) is 0 Å². The number of carbonyl (C=O) groups is 2. The maximum absolute atomic E-state index is 12.6. The lowest BCUT2D eigenvalue weighted by Gasteiger charge is -2.10. The zero-order valence-electron chi connectivity index (χ0n) is 15.7. The fourth-order valence-electron chi connectivity index (χ4n) is 2.50. The Bertz CT molecular complexity index is 1170. The van der Waals surface area contributed by atoms with Crippen molar-refractivity contribution >= 4 is 55.5 Å². The van der Waals surface area contributed by atoms with E-state index in [0.29, 0.717) is 10.0 Å². The molecule has 30 heavy (non-hydrogen) atoms. The first-order valence-corrected chi connectivity index (χ1v) is 11.5. The van der Waals surface area contributed by atoms with Gasteiger partial charge in [-0.05, 0) is 60.8 Å². The van der Waals surface area contributed by atoms with Crippen molar-refractivity contribution in [3.05, 3.63) is 76.1 Å². The highest BCUT2D eigenvalue weighted by Gasteiger charge is 2.18. The molecule has 1 aromatic heterocycles. The number of esters is 1. The quantitative estimate of drug-likeness (QED) is 0.496. The van der Waals surface area contributed by atoms with Crippen LogP contribution in [0.15, 0.2) is 64.9 Å². The highest BCUT2D eigenvalue weighted by atomic mass is 35.5. The second kappa shape index (κ2) is 9.29. The number of nitrogens with one attached hydrogen (secondary N) is 2. The maximum atomic E-state index is 12.6. The Morgan fingerprint density at radius 2 is 1.83 bits per heavy atom. The summed E-state index contributed by atoms with van der Waals surface area (Å²) in [5.41, 5.74) is 0.693. The van der Waals surface area contributed by atoms with E-state index in [0.717, 1.165) is 0 Å². The number of thiophene rings is 1. The SMILES string of the molecule is CCOC(=O)c1ccsc1NC(=O)c1cccc(NS(=O)(=O)c2ccc(Cl)cc2)c1. The lowest BCUT2D eigenvalue weighted by Crippen LogP contribution is -2.16. The van der Waals surface area contributed by atoms with Crippen LogP contribution in [-0.4, -0.2) is 26.9 Å². The van der Waals surface area contributed by atoms with Gasteiger partial charge in [0.15, 0.2) is 0 Å². The van der Waals surface area contributed by atoms with Crippen LogP contribution in [0.25, 0.3) is 0 Å². The predicted octanol–water partition coefficient (Wildman–Crippen LogP) is 4.63. The van der Waals surface area contributed by atoms with Gasteiger partial charge in [0.2, 0.25) is 0 Å². The monoisotopic (exact) mass is 464 g/mol. The van der Waals surface area contributed by atoms with Crippen molar-refractivity contribution in [2.45, 2.75) is 11.8 Å². The fraction of sp³-hybridized carbons (Fsp3) is 0.100. The van der Waals surface area contributed by atoms with Gasteiger partial charge in [-0.25, -0.2) is 13.2 Å². The van der Waals surface area contributed by atoms with Crippen molar-refractivity contribution in [2.24, 2.45) is 0 Å². The first-order valence-electron chi connectivity index (χ1n) is 8.74. The molecule has 2 aromatic carbocycles. The van der Waals surface area contributed by atoms with Crippen LogP contribution in [0, 0.1) is 0 Å². The van der Waals surface area contributed by atoms with Crippen molar-refractivity contribution in [1.82, 2.24) is 0 Å². The molecule has 0 unspecified atom stereocenters. The Morgan fingerprint density at radius 1 is 1.10 bits per heavy atom. The Morgan fingerprint density at radius 3 is 2.53 bits per heavy atom. The molecule has 0 atom stereocenters. The highest BCUT2D eigenvalue weighted by Crippen LogP contribution is 2.25. The predicted molar refractivity (Wildman–Crippen MR) is 117 cm³/mol. The van der Waals surface area contributed by atoms with Gasteiger partial charge in [-0.3, -0.25) is 9.52 Å². The minimum atomic E-state index is -3.85. The second-order valence-electron chi connectivity index (χ2n) is 5.98. The first kappa shape index (κ1) is 21.8. The third kappa shape index (κ3) is 5.18. The van der Waals surface area contributed by atoms with Gasteiger partial charge in [-0.1, -0.05) is 17.7 Å². The molecule has 0 saturated heterocycles. The molecule has 1 heterocycles. The lowest BCUT2D eigenvalue weighted by atomic mass is 10.2. The number of ether oxygens (including phenoxy) is 1. The number of benzene rings is 2. The van der Waals surface area contributed by atoms with Crippen molar-refractivity contribution in [2.75, 3.05) is 16.6 Å². The fourth-order valence-corrected chi connectivity index (χ4v) is 4.45. The largest absolute Gasteiger partial charge is 0.462 e. The molecule has 10 heteroatoms. The summed E-state index contributed by atoms with van der Waals surface area (Å²) < 4.78 is 32.5. The highest BCUT2D eigenvalue weighted by molar-refractivity contribution is 7.92. The normalized spacial score (nSPS) is 11.0. The molecular formula is C20H17ClN2O5S2. The van der Waals surface area contributed by atoms with E-state index in [4.69, 9.17) is 16.3 Å². The van der Waals surface area contributed by atoms with Gasteiger partial charge in [-0.15, -0.1) is 11.3 Å². The van der Waals surface area contributed by atoms with Gasteiger partial charge in [0.05, 0.1) is 17.1 Å². The number of hydrogen-bond acceptors (Lipinski definition) is 6. The van der Waals surface area contributed by atoms with Crippen molar-refractivity contribution in [3.8, 4) is 0 Å². The molecule has 1 amide bonds. The number of halogens is 1. The van der Waals surface area contributed by atoms with E-state index in [1.54, 1.807) is 24.4 Å². The topological polar surface area (TPSA) is 102 Å². The lowest BCUT2D eigenvalue weighted by molar-refractivity contribution is 0.0528. The first-order chi connectivity index (χ1) is 14.3. The molecule has 7 nitrogen and oxygen atoms in total. The second-order valence-corrected chi connectivity index (χ2v) is 9.01. The van der Waals surface area contributed by atoms with Gasteiger partial charge < -0.3 is 10.1 Å². The summed E-state index contributed by atoms with van der Waals surface area (Å²) in [6, 6.07) is 13.3. The molecule has 0 fully saturated rings. The van der Waals surface area contributed by atoms with Crippen LogP contribution in [0.1, 0.15) is 27.6 Å². The van der Waals surface area contributed by atoms with Gasteiger partial charge in [0.25, 0.3) is 15.9 Å². The Kier molecular flexibility index (Phi) is 6.76. The zero-order chi connectivity index (χ0) is 21.7. The van der Waals surface area contributed by atoms with E-state index < -0.39 is 21.9 Å². The average molecular weight is 465 g/mol. The molecule has 3 rings (SSSR count). The number of sulfonamides is 1. The summed E-state index contributed by atoms with van der Waals surface area (Å²) >= 11 is 6.98. The van der Waals surface area contributed by atoms with E-state index in [1.165, 1.54) is 53.8 Å². The standard InChI is InChI=1S/C20H17ClN2O5S2/c1-2-28-20(25)17-10-11-29-19(17)22-18(24)13-4-3-5-15(12-13)23-30(26,27)16-8-6-14(21)7-9-16/h3-12,23H,2H2,1H3,(H,22,24). The summed E-state index contributed by atoms with van der Waals surface area (Å²) in [6.45, 7) is 1.91. The smallest absolute Gasteiger partial charge is 0.341 e.